The second-order valence-corrected chi connectivity index (χ2v) is 8.34. The molecule has 0 radical (unpaired) electrons. The molecule has 1 aromatic carbocycles. The first-order valence-corrected chi connectivity index (χ1v) is 11.4. The SMILES string of the molecule is NC(CO)C(=O)NC(Cc1cnc[nH]1)C(=O)NC(Cc1c[nH]c2ccccc12)C(=O)NC(CO)C(=O)O. The van der Waals surface area contributed by atoms with E-state index in [1.165, 1.54) is 12.5 Å². The number of hydrogen-bond acceptors (Lipinski definition) is 8. The smallest absolute Gasteiger partial charge is 0.328 e. The molecule has 0 spiro atoms. The van der Waals surface area contributed by atoms with Crippen molar-refractivity contribution in [1.82, 2.24) is 30.9 Å². The van der Waals surface area contributed by atoms with Crippen molar-refractivity contribution in [2.45, 2.75) is 37.0 Å². The third-order valence-corrected chi connectivity index (χ3v) is 5.67. The van der Waals surface area contributed by atoms with E-state index in [1.54, 1.807) is 12.3 Å². The van der Waals surface area contributed by atoms with Gasteiger partial charge in [-0.25, -0.2) is 9.78 Å². The van der Waals surface area contributed by atoms with Gasteiger partial charge in [0.1, 0.15) is 24.2 Å². The zero-order valence-electron chi connectivity index (χ0n) is 19.7. The summed E-state index contributed by atoms with van der Waals surface area (Å²) in [7, 11) is 0. The van der Waals surface area contributed by atoms with Crippen LogP contribution in [0, 0.1) is 0 Å². The molecule has 14 nitrogen and oxygen atoms in total. The lowest BCUT2D eigenvalue weighted by atomic mass is 10.0. The van der Waals surface area contributed by atoms with Gasteiger partial charge in [0.05, 0.1) is 19.5 Å². The van der Waals surface area contributed by atoms with Crippen LogP contribution in [0.25, 0.3) is 10.9 Å². The molecular weight excluding hydrogens is 486 g/mol. The zero-order chi connectivity index (χ0) is 26.9. The van der Waals surface area contributed by atoms with Crippen LogP contribution in [0.3, 0.4) is 0 Å². The van der Waals surface area contributed by atoms with E-state index in [1.807, 2.05) is 18.2 Å². The molecule has 0 saturated carbocycles. The van der Waals surface area contributed by atoms with Crippen molar-refractivity contribution in [2.24, 2.45) is 5.73 Å². The van der Waals surface area contributed by atoms with E-state index in [9.17, 15) is 34.5 Å². The zero-order valence-corrected chi connectivity index (χ0v) is 19.7. The van der Waals surface area contributed by atoms with Gasteiger partial charge in [-0.05, 0) is 11.6 Å². The number of H-pyrrole nitrogens is 2. The van der Waals surface area contributed by atoms with Crippen molar-refractivity contribution < 1.29 is 34.5 Å². The summed E-state index contributed by atoms with van der Waals surface area (Å²) in [6.07, 6.45) is 4.45. The number of rotatable bonds is 13. The lowest BCUT2D eigenvalue weighted by Gasteiger charge is -2.24. The Balaban J connectivity index is 1.86. The molecule has 3 amide bonds. The van der Waals surface area contributed by atoms with Gasteiger partial charge in [-0.2, -0.15) is 0 Å². The molecule has 0 bridgehead atoms. The lowest BCUT2D eigenvalue weighted by molar-refractivity contribution is -0.143. The molecule has 14 heteroatoms. The number of fused-ring (bicyclic) bond motifs is 1. The summed E-state index contributed by atoms with van der Waals surface area (Å²) in [5.74, 6) is -3.84. The highest BCUT2D eigenvalue weighted by molar-refractivity contribution is 5.95. The quantitative estimate of drug-likeness (QED) is 0.117. The van der Waals surface area contributed by atoms with Gasteiger partial charge in [-0.15, -0.1) is 0 Å². The minimum absolute atomic E-state index is 0.0275. The van der Waals surface area contributed by atoms with Crippen LogP contribution in [0.4, 0.5) is 0 Å². The number of carboxylic acids is 1. The second kappa shape index (κ2) is 12.6. The number of benzene rings is 1. The van der Waals surface area contributed by atoms with Gasteiger partial charge in [-0.3, -0.25) is 14.4 Å². The van der Waals surface area contributed by atoms with Crippen molar-refractivity contribution in [1.29, 1.82) is 0 Å². The number of imidazole rings is 1. The highest BCUT2D eigenvalue weighted by atomic mass is 16.4. The average molecular weight is 516 g/mol. The van der Waals surface area contributed by atoms with E-state index in [2.05, 4.69) is 30.9 Å². The van der Waals surface area contributed by atoms with Crippen molar-refractivity contribution in [2.75, 3.05) is 13.2 Å². The molecule has 0 aliphatic rings. The summed E-state index contributed by atoms with van der Waals surface area (Å²) in [4.78, 5) is 59.8. The number of nitrogens with two attached hydrogens (primary N) is 1. The highest BCUT2D eigenvalue weighted by Crippen LogP contribution is 2.19. The maximum Gasteiger partial charge on any atom is 0.328 e. The van der Waals surface area contributed by atoms with E-state index in [4.69, 9.17) is 5.73 Å². The predicted molar refractivity (Wildman–Crippen MR) is 130 cm³/mol. The fraction of sp³-hybridized carbons (Fsp3) is 0.348. The Morgan fingerprint density at radius 3 is 2.16 bits per heavy atom. The van der Waals surface area contributed by atoms with Crippen LogP contribution in [0.5, 0.6) is 0 Å². The van der Waals surface area contributed by atoms with E-state index < -0.39 is 61.1 Å². The van der Waals surface area contributed by atoms with Crippen LogP contribution in [-0.2, 0) is 32.0 Å². The number of carboxylic acid groups (broad SMARTS) is 1. The molecule has 4 unspecified atom stereocenters. The van der Waals surface area contributed by atoms with Crippen LogP contribution < -0.4 is 21.7 Å². The minimum atomic E-state index is -1.59. The molecule has 0 aliphatic heterocycles. The molecule has 37 heavy (non-hydrogen) atoms. The van der Waals surface area contributed by atoms with Crippen LogP contribution in [0.2, 0.25) is 0 Å². The summed E-state index contributed by atoms with van der Waals surface area (Å²) in [6, 6.07) is 1.95. The van der Waals surface area contributed by atoms with E-state index >= 15 is 0 Å². The number of aliphatic hydroxyl groups is 2. The number of aliphatic carboxylic acids is 1. The molecule has 0 saturated heterocycles. The molecular formula is C23H29N7O7. The third kappa shape index (κ3) is 7.13. The number of para-hydroxylation sites is 1. The monoisotopic (exact) mass is 515 g/mol. The molecule has 3 aromatic rings. The highest BCUT2D eigenvalue weighted by Gasteiger charge is 2.31. The average Bonchev–Trinajstić information content (AvgIpc) is 3.55. The Kier molecular flexibility index (Phi) is 9.32. The van der Waals surface area contributed by atoms with Crippen LogP contribution in [-0.4, -0.2) is 91.3 Å². The molecule has 2 heterocycles. The summed E-state index contributed by atoms with van der Waals surface area (Å²) < 4.78 is 0. The number of carbonyl (C=O) groups excluding carboxylic acids is 3. The van der Waals surface area contributed by atoms with E-state index in [-0.39, 0.29) is 12.8 Å². The molecule has 4 atom stereocenters. The normalized spacial score (nSPS) is 14.4. The van der Waals surface area contributed by atoms with Crippen LogP contribution >= 0.6 is 0 Å². The van der Waals surface area contributed by atoms with Crippen molar-refractivity contribution in [3.05, 3.63) is 54.2 Å². The summed E-state index contributed by atoms with van der Waals surface area (Å²) in [5.41, 5.74) is 7.54. The van der Waals surface area contributed by atoms with Gasteiger partial charge in [0.15, 0.2) is 0 Å². The molecule has 0 aliphatic carbocycles. The summed E-state index contributed by atoms with van der Waals surface area (Å²) in [5, 5.41) is 35.8. The first kappa shape index (κ1) is 27.3. The molecule has 10 N–H and O–H groups in total. The summed E-state index contributed by atoms with van der Waals surface area (Å²) >= 11 is 0. The molecule has 3 rings (SSSR count). The molecule has 198 valence electrons. The number of nitrogens with one attached hydrogen (secondary N) is 5. The number of hydrogen-bond donors (Lipinski definition) is 9. The Labute approximate surface area is 210 Å². The van der Waals surface area contributed by atoms with E-state index in [0.29, 0.717) is 11.3 Å². The fourth-order valence-corrected chi connectivity index (χ4v) is 3.65. The number of carbonyl (C=O) groups is 4. The number of aromatic nitrogens is 3. The van der Waals surface area contributed by atoms with Gasteiger partial charge in [0.2, 0.25) is 17.7 Å². The van der Waals surface area contributed by atoms with Crippen molar-refractivity contribution >= 4 is 34.6 Å². The molecule has 0 fully saturated rings. The third-order valence-electron chi connectivity index (χ3n) is 5.67. The van der Waals surface area contributed by atoms with Gasteiger partial charge in [0, 0.05) is 41.8 Å². The Bertz CT molecular complexity index is 1230. The first-order chi connectivity index (χ1) is 17.7. The lowest BCUT2D eigenvalue weighted by Crippen LogP contribution is -2.58. The number of aromatic amines is 2. The Hall–Kier alpha value is -4.27. The maximum atomic E-state index is 13.3. The number of nitrogens with zero attached hydrogens (tertiary/aromatic N) is 1. The van der Waals surface area contributed by atoms with E-state index in [0.717, 1.165) is 10.9 Å². The molecule has 2 aromatic heterocycles. The van der Waals surface area contributed by atoms with Crippen LogP contribution in [0.1, 0.15) is 11.3 Å². The Morgan fingerprint density at radius 1 is 0.892 bits per heavy atom. The second-order valence-electron chi connectivity index (χ2n) is 8.34. The minimum Gasteiger partial charge on any atom is -0.480 e. The van der Waals surface area contributed by atoms with Gasteiger partial charge in [-0.1, -0.05) is 18.2 Å². The standard InChI is InChI=1S/C23H29N7O7/c24-15(9-31)20(33)28-18(6-13-8-25-11-27-13)22(35)29-17(21(34)30-19(10-32)23(36)37)5-12-7-26-16-4-2-1-3-14(12)16/h1-4,7-8,11,15,17-19,26,31-32H,5-6,9-10,24H2,(H,25,27)(H,28,33)(H,29,35)(H,30,34)(H,36,37). The topological polar surface area (TPSA) is 236 Å². The fourth-order valence-electron chi connectivity index (χ4n) is 3.65. The van der Waals surface area contributed by atoms with Crippen molar-refractivity contribution in [3.8, 4) is 0 Å². The largest absolute Gasteiger partial charge is 0.480 e. The predicted octanol–water partition coefficient (Wildman–Crippen LogP) is -2.47. The van der Waals surface area contributed by atoms with Gasteiger partial charge >= 0.3 is 5.97 Å². The summed E-state index contributed by atoms with van der Waals surface area (Å²) in [6.45, 7) is -1.50. The van der Waals surface area contributed by atoms with Crippen LogP contribution in [0.15, 0.2) is 43.0 Å². The first-order valence-electron chi connectivity index (χ1n) is 11.4. The number of aliphatic hydroxyl groups excluding tert-OH is 2. The Morgan fingerprint density at radius 2 is 1.54 bits per heavy atom. The van der Waals surface area contributed by atoms with Crippen molar-refractivity contribution in [3.63, 3.8) is 0 Å². The maximum absolute atomic E-state index is 13.3. The van der Waals surface area contributed by atoms with Gasteiger partial charge in [0.25, 0.3) is 0 Å². The number of amides is 3. The van der Waals surface area contributed by atoms with Gasteiger partial charge < -0.3 is 47.0 Å².